The lowest BCUT2D eigenvalue weighted by atomic mass is 9.85. The molecule has 2 N–H and O–H groups in total. The van der Waals surface area contributed by atoms with E-state index in [2.05, 4.69) is 23.7 Å². The Morgan fingerprint density at radius 1 is 1.42 bits per heavy atom. The van der Waals surface area contributed by atoms with Crippen molar-refractivity contribution in [3.05, 3.63) is 0 Å². The number of ether oxygens (including phenoxy) is 1. The molecule has 2 rings (SSSR count). The van der Waals surface area contributed by atoms with Gasteiger partial charge in [0.05, 0.1) is 6.61 Å². The van der Waals surface area contributed by atoms with Gasteiger partial charge in [-0.3, -0.25) is 0 Å². The highest BCUT2D eigenvalue weighted by Gasteiger charge is 2.49. The van der Waals surface area contributed by atoms with Crippen LogP contribution in [0, 0.1) is 0 Å². The molecule has 6 nitrogen and oxygen atoms in total. The number of hydrogen-bond acceptors (Lipinski definition) is 4. The van der Waals surface area contributed by atoms with Crippen LogP contribution in [0.25, 0.3) is 0 Å². The molecule has 6 heteroatoms. The second kappa shape index (κ2) is 5.46. The van der Waals surface area contributed by atoms with Crippen molar-refractivity contribution in [1.29, 1.82) is 0 Å². The van der Waals surface area contributed by atoms with Gasteiger partial charge in [-0.05, 0) is 26.7 Å². The summed E-state index contributed by atoms with van der Waals surface area (Å²) in [5.41, 5.74) is 5.67. The number of nitrogens with zero attached hydrogens (tertiary/aromatic N) is 3. The Hall–Kier alpha value is -1.14. The van der Waals surface area contributed by atoms with Gasteiger partial charge in [-0.1, -0.05) is 0 Å². The molecule has 0 unspecified atom stereocenters. The van der Waals surface area contributed by atoms with Crippen LogP contribution in [0.5, 0.6) is 0 Å². The summed E-state index contributed by atoms with van der Waals surface area (Å²) in [7, 11) is 1.64. The summed E-state index contributed by atoms with van der Waals surface area (Å²) in [6.07, 6.45) is 1.71. The number of carbonyl (C=O) groups excluding carboxylic acids is 1. The van der Waals surface area contributed by atoms with Crippen molar-refractivity contribution < 1.29 is 9.53 Å². The summed E-state index contributed by atoms with van der Waals surface area (Å²) >= 11 is 0. The number of amidine groups is 1. The van der Waals surface area contributed by atoms with Crippen molar-refractivity contribution in [3.8, 4) is 0 Å². The van der Waals surface area contributed by atoms with E-state index in [1.54, 1.807) is 12.0 Å². The number of hydrogen-bond donors (Lipinski definition) is 1. The predicted molar refractivity (Wildman–Crippen MR) is 74.3 cm³/mol. The second-order valence-corrected chi connectivity index (χ2v) is 5.59. The van der Waals surface area contributed by atoms with E-state index in [9.17, 15) is 4.79 Å². The Morgan fingerprint density at radius 2 is 2.05 bits per heavy atom. The lowest BCUT2D eigenvalue weighted by Crippen LogP contribution is -2.60. The third-order valence-electron chi connectivity index (χ3n) is 4.31. The minimum absolute atomic E-state index is 0.215. The smallest absolute Gasteiger partial charge is 0.346 e. The van der Waals surface area contributed by atoms with Crippen LogP contribution in [0.3, 0.4) is 0 Å². The third kappa shape index (κ3) is 2.47. The predicted octanol–water partition coefficient (Wildman–Crippen LogP) is 0.669. The van der Waals surface area contributed by atoms with Crippen LogP contribution in [-0.2, 0) is 4.74 Å². The van der Waals surface area contributed by atoms with Crippen LogP contribution in [0.4, 0.5) is 4.79 Å². The minimum atomic E-state index is -0.374. The number of methoxy groups -OCH3 is 1. The molecule has 0 radical (unpaired) electrons. The van der Waals surface area contributed by atoms with Gasteiger partial charge in [0.2, 0.25) is 0 Å². The first kappa shape index (κ1) is 14.3. The number of likely N-dealkylation sites (tertiary alicyclic amines) is 1. The van der Waals surface area contributed by atoms with E-state index in [-0.39, 0.29) is 11.6 Å². The Balaban J connectivity index is 2.12. The van der Waals surface area contributed by atoms with E-state index in [0.29, 0.717) is 25.0 Å². The summed E-state index contributed by atoms with van der Waals surface area (Å²) in [5.74, 6) is 0.483. The van der Waals surface area contributed by atoms with Crippen molar-refractivity contribution in [2.75, 3.05) is 33.4 Å². The quantitative estimate of drug-likeness (QED) is 0.813. The first-order valence-electron chi connectivity index (χ1n) is 6.90. The Bertz CT molecular complexity index is 373. The van der Waals surface area contributed by atoms with E-state index < -0.39 is 0 Å². The fourth-order valence-electron chi connectivity index (χ4n) is 3.02. The maximum absolute atomic E-state index is 12.0. The number of urea groups is 1. The normalized spacial score (nSPS) is 23.5. The van der Waals surface area contributed by atoms with Gasteiger partial charge < -0.3 is 20.3 Å². The molecule has 0 saturated carbocycles. The molecule has 108 valence electrons. The highest BCUT2D eigenvalue weighted by atomic mass is 16.5. The highest BCUT2D eigenvalue weighted by Crippen LogP contribution is 2.34. The molecule has 2 aliphatic rings. The van der Waals surface area contributed by atoms with Crippen molar-refractivity contribution >= 4 is 11.9 Å². The van der Waals surface area contributed by atoms with Gasteiger partial charge in [0.25, 0.3) is 0 Å². The molecule has 0 atom stereocenters. The van der Waals surface area contributed by atoms with E-state index in [1.165, 1.54) is 0 Å². The molecule has 0 aromatic carbocycles. The van der Waals surface area contributed by atoms with Crippen molar-refractivity contribution in [1.82, 2.24) is 9.80 Å². The topological polar surface area (TPSA) is 71.2 Å². The minimum Gasteiger partial charge on any atom is -0.385 e. The van der Waals surface area contributed by atoms with Crippen LogP contribution in [-0.4, -0.2) is 66.6 Å². The Labute approximate surface area is 114 Å². The number of piperidine rings is 1. The Kier molecular flexibility index (Phi) is 4.10. The molecule has 0 bridgehead atoms. The molecule has 2 aliphatic heterocycles. The maximum Gasteiger partial charge on any atom is 0.346 e. The van der Waals surface area contributed by atoms with Crippen molar-refractivity contribution in [3.63, 3.8) is 0 Å². The maximum atomic E-state index is 12.0. The van der Waals surface area contributed by atoms with Gasteiger partial charge in [-0.2, -0.15) is 4.99 Å². The van der Waals surface area contributed by atoms with Crippen molar-refractivity contribution in [2.24, 2.45) is 10.7 Å². The number of amides is 2. The summed E-state index contributed by atoms with van der Waals surface area (Å²) in [6, 6.07) is 0.313. The van der Waals surface area contributed by atoms with E-state index in [1.807, 2.05) is 0 Å². The molecular formula is C13H24N4O2. The largest absolute Gasteiger partial charge is 0.385 e. The molecule has 2 heterocycles. The van der Waals surface area contributed by atoms with Crippen LogP contribution in [0.1, 0.15) is 26.7 Å². The first-order valence-corrected chi connectivity index (χ1v) is 6.90. The summed E-state index contributed by atoms with van der Waals surface area (Å²) in [5, 5.41) is 0. The lowest BCUT2D eigenvalue weighted by molar-refractivity contribution is 0.0687. The molecule has 0 aliphatic carbocycles. The monoisotopic (exact) mass is 268 g/mol. The molecule has 19 heavy (non-hydrogen) atoms. The molecule has 1 spiro atoms. The van der Waals surface area contributed by atoms with Gasteiger partial charge >= 0.3 is 6.03 Å². The molecule has 0 aromatic heterocycles. The van der Waals surface area contributed by atoms with Gasteiger partial charge in [0, 0.05) is 32.8 Å². The fourth-order valence-corrected chi connectivity index (χ4v) is 3.02. The molecular weight excluding hydrogens is 244 g/mol. The summed E-state index contributed by atoms with van der Waals surface area (Å²) in [6.45, 7) is 7.36. The lowest BCUT2D eigenvalue weighted by Gasteiger charge is -2.45. The highest BCUT2D eigenvalue weighted by molar-refractivity contribution is 6.05. The zero-order valence-corrected chi connectivity index (χ0v) is 12.1. The van der Waals surface area contributed by atoms with Gasteiger partial charge in [-0.15, -0.1) is 0 Å². The fraction of sp³-hybridized carbons (Fsp3) is 0.846. The number of aliphatic imine (C=N–C) groups is 1. The van der Waals surface area contributed by atoms with E-state index in [4.69, 9.17) is 10.5 Å². The van der Waals surface area contributed by atoms with Crippen LogP contribution in [0.15, 0.2) is 4.99 Å². The average Bonchev–Trinajstić information content (AvgIpc) is 2.60. The zero-order chi connectivity index (χ0) is 14.0. The van der Waals surface area contributed by atoms with Gasteiger partial charge in [0.1, 0.15) is 11.4 Å². The summed E-state index contributed by atoms with van der Waals surface area (Å²) < 4.78 is 5.08. The SMILES string of the molecule is COCCN1C(=O)N=C(N)C12CCN(C(C)C)CC2. The van der Waals surface area contributed by atoms with Gasteiger partial charge in [0.15, 0.2) is 0 Å². The average molecular weight is 268 g/mol. The third-order valence-corrected chi connectivity index (χ3v) is 4.31. The molecule has 1 fully saturated rings. The molecule has 0 aromatic rings. The number of carbonyl (C=O) groups is 1. The second-order valence-electron chi connectivity index (χ2n) is 5.59. The number of nitrogens with two attached hydrogens (primary N) is 1. The number of rotatable bonds is 4. The van der Waals surface area contributed by atoms with Gasteiger partial charge in [-0.25, -0.2) is 4.79 Å². The van der Waals surface area contributed by atoms with Crippen LogP contribution < -0.4 is 5.73 Å². The van der Waals surface area contributed by atoms with Crippen LogP contribution in [0.2, 0.25) is 0 Å². The Morgan fingerprint density at radius 3 is 2.58 bits per heavy atom. The van der Waals surface area contributed by atoms with E-state index >= 15 is 0 Å². The molecule has 1 saturated heterocycles. The molecule has 2 amide bonds. The summed E-state index contributed by atoms with van der Waals surface area (Å²) in [4.78, 5) is 20.2. The van der Waals surface area contributed by atoms with Crippen LogP contribution >= 0.6 is 0 Å². The van der Waals surface area contributed by atoms with E-state index in [0.717, 1.165) is 25.9 Å². The standard InChI is InChI=1S/C13H24N4O2/c1-10(2)16-6-4-13(5-7-16)11(14)15-12(18)17(13)8-9-19-3/h10H,4-9H2,1-3H3,(H2,14,15,18). The van der Waals surface area contributed by atoms with Crippen molar-refractivity contribution in [2.45, 2.75) is 38.3 Å². The zero-order valence-electron chi connectivity index (χ0n) is 12.1. The first-order chi connectivity index (χ1) is 9.01.